The fraction of sp³-hybridized carbons (Fsp3) is 0.625. The summed E-state index contributed by atoms with van der Waals surface area (Å²) in [7, 11) is 0. The second-order valence-electron chi connectivity index (χ2n) is 7.10. The van der Waals surface area contributed by atoms with Gasteiger partial charge in [-0.15, -0.1) is 0 Å². The van der Waals surface area contributed by atoms with Crippen molar-refractivity contribution in [3.63, 3.8) is 0 Å². The van der Waals surface area contributed by atoms with Gasteiger partial charge in [-0.25, -0.2) is 15.0 Å². The summed E-state index contributed by atoms with van der Waals surface area (Å²) in [5.41, 5.74) is 6.45. The predicted octanol–water partition coefficient (Wildman–Crippen LogP) is 2.02. The van der Waals surface area contributed by atoms with Crippen LogP contribution in [0.1, 0.15) is 33.4 Å². The first-order valence-electron chi connectivity index (χ1n) is 8.09. The van der Waals surface area contributed by atoms with Crippen molar-refractivity contribution >= 4 is 34.7 Å². The number of hydrogen-bond acceptors (Lipinski definition) is 8. The van der Waals surface area contributed by atoms with Crippen LogP contribution in [0.15, 0.2) is 12.7 Å². The van der Waals surface area contributed by atoms with Crippen LogP contribution in [0, 0.1) is 5.41 Å². The molecule has 2 aromatic rings. The number of ether oxygens (including phenoxy) is 2. The Morgan fingerprint density at radius 2 is 2.20 bits per heavy atom. The highest BCUT2D eigenvalue weighted by molar-refractivity contribution is 7.98. The molecule has 136 valence electrons. The molecular formula is C16H23N5O3S. The molecular weight excluding hydrogens is 342 g/mol. The average Bonchev–Trinajstić information content (AvgIpc) is 3.12. The van der Waals surface area contributed by atoms with E-state index < -0.39 is 5.41 Å². The number of imidazole rings is 1. The first-order valence-corrected chi connectivity index (χ1v) is 9.49. The molecule has 0 saturated carbocycles. The molecule has 25 heavy (non-hydrogen) atoms. The first-order chi connectivity index (χ1) is 11.8. The standard InChI is InChI=1S/C16H23N5O3S/c1-16(2,3)15(22)24-9-5-11(23-10(9)6-25-4)21-8-20-12-13(17)18-7-19-14(12)21/h7-11H,5-6H2,1-4H3,(H2,17,18,19)/t9-,10+,11+/m0/s1. The van der Waals surface area contributed by atoms with Gasteiger partial charge in [-0.3, -0.25) is 9.36 Å². The van der Waals surface area contributed by atoms with E-state index in [1.54, 1.807) is 18.1 Å². The number of anilines is 1. The molecule has 2 aromatic heterocycles. The minimum Gasteiger partial charge on any atom is -0.459 e. The largest absolute Gasteiger partial charge is 0.459 e. The summed E-state index contributed by atoms with van der Waals surface area (Å²) in [5, 5.41) is 0. The van der Waals surface area contributed by atoms with Gasteiger partial charge in [0.15, 0.2) is 11.5 Å². The summed E-state index contributed by atoms with van der Waals surface area (Å²) in [4.78, 5) is 24.8. The van der Waals surface area contributed by atoms with E-state index in [4.69, 9.17) is 15.2 Å². The van der Waals surface area contributed by atoms with Crippen molar-refractivity contribution in [2.75, 3.05) is 17.7 Å². The summed E-state index contributed by atoms with van der Waals surface area (Å²) in [6.07, 6.45) is 4.80. The Balaban J connectivity index is 1.84. The molecule has 0 amide bonds. The Hall–Kier alpha value is -1.87. The quantitative estimate of drug-likeness (QED) is 0.821. The van der Waals surface area contributed by atoms with Crippen LogP contribution in [-0.2, 0) is 14.3 Å². The monoisotopic (exact) mass is 365 g/mol. The van der Waals surface area contributed by atoms with Gasteiger partial charge in [-0.05, 0) is 27.0 Å². The Morgan fingerprint density at radius 3 is 2.88 bits per heavy atom. The lowest BCUT2D eigenvalue weighted by molar-refractivity contribution is -0.160. The lowest BCUT2D eigenvalue weighted by Crippen LogP contribution is -2.33. The molecule has 0 bridgehead atoms. The maximum Gasteiger partial charge on any atom is 0.311 e. The summed E-state index contributed by atoms with van der Waals surface area (Å²) in [6, 6.07) is 0. The number of carbonyl (C=O) groups excluding carboxylic acids is 1. The van der Waals surface area contributed by atoms with Gasteiger partial charge in [0.05, 0.1) is 11.7 Å². The van der Waals surface area contributed by atoms with E-state index in [0.29, 0.717) is 23.4 Å². The first kappa shape index (κ1) is 17.9. The molecule has 3 heterocycles. The number of hydrogen-bond donors (Lipinski definition) is 1. The van der Waals surface area contributed by atoms with Gasteiger partial charge in [0.25, 0.3) is 0 Å². The van der Waals surface area contributed by atoms with Crippen LogP contribution in [-0.4, -0.2) is 49.7 Å². The van der Waals surface area contributed by atoms with Gasteiger partial charge in [-0.2, -0.15) is 11.8 Å². The van der Waals surface area contributed by atoms with Gasteiger partial charge < -0.3 is 15.2 Å². The molecule has 3 rings (SSSR count). The van der Waals surface area contributed by atoms with E-state index in [1.165, 1.54) is 6.33 Å². The number of fused-ring (bicyclic) bond motifs is 1. The van der Waals surface area contributed by atoms with Crippen LogP contribution in [0.5, 0.6) is 0 Å². The van der Waals surface area contributed by atoms with E-state index >= 15 is 0 Å². The third-order valence-electron chi connectivity index (χ3n) is 4.08. The van der Waals surface area contributed by atoms with Gasteiger partial charge in [0.1, 0.15) is 30.3 Å². The molecule has 9 heteroatoms. The molecule has 1 aliphatic heterocycles. The maximum atomic E-state index is 12.3. The summed E-state index contributed by atoms with van der Waals surface area (Å²) >= 11 is 1.66. The second-order valence-corrected chi connectivity index (χ2v) is 8.01. The van der Waals surface area contributed by atoms with Crippen LogP contribution in [0.3, 0.4) is 0 Å². The summed E-state index contributed by atoms with van der Waals surface area (Å²) in [6.45, 7) is 5.53. The number of esters is 1. The fourth-order valence-electron chi connectivity index (χ4n) is 2.70. The van der Waals surface area contributed by atoms with Crippen molar-refractivity contribution in [2.45, 2.75) is 45.6 Å². The Bertz CT molecular complexity index is 773. The molecule has 0 radical (unpaired) electrons. The zero-order valence-electron chi connectivity index (χ0n) is 14.8. The molecule has 1 fully saturated rings. The Labute approximate surface area is 150 Å². The highest BCUT2D eigenvalue weighted by atomic mass is 32.2. The number of rotatable bonds is 4. The molecule has 0 aliphatic carbocycles. The Kier molecular flexibility index (Phi) is 4.88. The van der Waals surface area contributed by atoms with Crippen molar-refractivity contribution in [2.24, 2.45) is 5.41 Å². The number of aromatic nitrogens is 4. The lowest BCUT2D eigenvalue weighted by atomic mass is 9.97. The highest BCUT2D eigenvalue weighted by Crippen LogP contribution is 2.35. The zero-order chi connectivity index (χ0) is 18.2. The van der Waals surface area contributed by atoms with Crippen LogP contribution >= 0.6 is 11.8 Å². The van der Waals surface area contributed by atoms with Crippen LogP contribution in [0.25, 0.3) is 11.2 Å². The third kappa shape index (κ3) is 3.57. The number of nitrogens with two attached hydrogens (primary N) is 1. The van der Waals surface area contributed by atoms with E-state index in [-0.39, 0.29) is 24.4 Å². The van der Waals surface area contributed by atoms with Crippen molar-refractivity contribution in [1.82, 2.24) is 19.5 Å². The smallest absolute Gasteiger partial charge is 0.311 e. The zero-order valence-corrected chi connectivity index (χ0v) is 15.6. The fourth-order valence-corrected chi connectivity index (χ4v) is 3.33. The summed E-state index contributed by atoms with van der Waals surface area (Å²) < 4.78 is 13.7. The van der Waals surface area contributed by atoms with Crippen molar-refractivity contribution < 1.29 is 14.3 Å². The average molecular weight is 365 g/mol. The van der Waals surface area contributed by atoms with E-state index in [1.807, 2.05) is 31.6 Å². The molecule has 3 atom stereocenters. The maximum absolute atomic E-state index is 12.3. The van der Waals surface area contributed by atoms with E-state index in [2.05, 4.69) is 15.0 Å². The number of thioether (sulfide) groups is 1. The van der Waals surface area contributed by atoms with Gasteiger partial charge in [0.2, 0.25) is 0 Å². The van der Waals surface area contributed by atoms with E-state index in [0.717, 1.165) is 5.75 Å². The molecule has 1 aliphatic rings. The van der Waals surface area contributed by atoms with Gasteiger partial charge >= 0.3 is 5.97 Å². The molecule has 2 N–H and O–H groups in total. The lowest BCUT2D eigenvalue weighted by Gasteiger charge is -2.23. The van der Waals surface area contributed by atoms with Gasteiger partial charge in [-0.1, -0.05) is 0 Å². The topological polar surface area (TPSA) is 105 Å². The minimum atomic E-state index is -0.550. The number of nitrogens with zero attached hydrogens (tertiary/aromatic N) is 4. The van der Waals surface area contributed by atoms with Crippen molar-refractivity contribution in [3.05, 3.63) is 12.7 Å². The van der Waals surface area contributed by atoms with Gasteiger partial charge in [0, 0.05) is 12.2 Å². The molecule has 8 nitrogen and oxygen atoms in total. The second kappa shape index (κ2) is 6.80. The Morgan fingerprint density at radius 1 is 1.44 bits per heavy atom. The normalized spacial score (nSPS) is 23.9. The van der Waals surface area contributed by atoms with Crippen molar-refractivity contribution in [3.8, 4) is 0 Å². The molecule has 0 unspecified atom stereocenters. The van der Waals surface area contributed by atoms with Crippen molar-refractivity contribution in [1.29, 1.82) is 0 Å². The van der Waals surface area contributed by atoms with Crippen LogP contribution in [0.4, 0.5) is 5.82 Å². The highest BCUT2D eigenvalue weighted by Gasteiger charge is 2.40. The third-order valence-corrected chi connectivity index (χ3v) is 4.74. The minimum absolute atomic E-state index is 0.178. The van der Waals surface area contributed by atoms with Crippen LogP contribution in [0.2, 0.25) is 0 Å². The SMILES string of the molecule is CSC[C@H]1O[C@@H](n2cnc3c(N)ncnc32)C[C@@H]1OC(=O)C(C)(C)C. The molecule has 1 saturated heterocycles. The van der Waals surface area contributed by atoms with E-state index in [9.17, 15) is 4.79 Å². The number of carbonyl (C=O) groups is 1. The molecule has 0 spiro atoms. The van der Waals surface area contributed by atoms with Crippen LogP contribution < -0.4 is 5.73 Å². The molecule has 0 aromatic carbocycles. The number of nitrogen functional groups attached to an aromatic ring is 1. The summed E-state index contributed by atoms with van der Waals surface area (Å²) in [5.74, 6) is 0.843. The predicted molar refractivity (Wildman–Crippen MR) is 96.0 cm³/mol.